The Bertz CT molecular complexity index is 853. The number of thiophene rings is 1. The quantitative estimate of drug-likeness (QED) is 0.682. The molecule has 1 amide bonds. The Labute approximate surface area is 161 Å². The van der Waals surface area contributed by atoms with Gasteiger partial charge in [-0.2, -0.15) is 0 Å². The Morgan fingerprint density at radius 3 is 2.44 bits per heavy atom. The van der Waals surface area contributed by atoms with Crippen LogP contribution in [0, 0.1) is 0 Å². The number of halogens is 2. The van der Waals surface area contributed by atoms with E-state index in [-0.39, 0.29) is 12.5 Å². The van der Waals surface area contributed by atoms with Crippen molar-refractivity contribution in [3.05, 3.63) is 50.6 Å². The van der Waals surface area contributed by atoms with Crippen molar-refractivity contribution in [3.63, 3.8) is 0 Å². The summed E-state index contributed by atoms with van der Waals surface area (Å²) in [6.45, 7) is 2.41. The second-order valence-electron chi connectivity index (χ2n) is 5.36. The minimum atomic E-state index is -3.63. The Balaban J connectivity index is 2.20. The zero-order valence-corrected chi connectivity index (χ0v) is 16.9. The summed E-state index contributed by atoms with van der Waals surface area (Å²) in [5.74, 6) is -0.294. The zero-order chi connectivity index (χ0) is 18.6. The first-order chi connectivity index (χ1) is 11.7. The Morgan fingerprint density at radius 2 is 1.92 bits per heavy atom. The van der Waals surface area contributed by atoms with E-state index in [4.69, 9.17) is 23.2 Å². The number of carbonyl (C=O) groups is 1. The van der Waals surface area contributed by atoms with Crippen molar-refractivity contribution in [1.29, 1.82) is 0 Å². The summed E-state index contributed by atoms with van der Waals surface area (Å²) in [6.07, 6.45) is 1.07. The number of likely N-dealkylation sites (N-methyl/N-ethyl adjacent to an activating group) is 1. The third-order valence-corrected chi connectivity index (χ3v) is 6.08. The van der Waals surface area contributed by atoms with E-state index in [0.717, 1.165) is 15.4 Å². The number of carbonyl (C=O) groups excluding carboxylic acids is 1. The maximum absolute atomic E-state index is 12.7. The summed E-state index contributed by atoms with van der Waals surface area (Å²) in [4.78, 5) is 15.2. The third kappa shape index (κ3) is 5.60. The van der Waals surface area contributed by atoms with E-state index in [1.165, 1.54) is 17.4 Å². The number of rotatable bonds is 7. The predicted molar refractivity (Wildman–Crippen MR) is 104 cm³/mol. The Morgan fingerprint density at radius 1 is 1.20 bits per heavy atom. The van der Waals surface area contributed by atoms with Gasteiger partial charge in [-0.3, -0.25) is 9.10 Å². The summed E-state index contributed by atoms with van der Waals surface area (Å²) in [6, 6.07) is 10.0. The minimum absolute atomic E-state index is 0.286. The van der Waals surface area contributed by atoms with E-state index >= 15 is 0 Å². The molecule has 0 aliphatic rings. The first kappa shape index (κ1) is 20.0. The summed E-state index contributed by atoms with van der Waals surface area (Å²) in [5.41, 5.74) is 0.360. The molecular formula is C16H18Cl2N2O3S2. The van der Waals surface area contributed by atoms with Gasteiger partial charge in [-0.15, -0.1) is 11.3 Å². The van der Waals surface area contributed by atoms with E-state index in [1.807, 2.05) is 13.0 Å². The zero-order valence-electron chi connectivity index (χ0n) is 13.8. The molecule has 2 aromatic rings. The monoisotopic (exact) mass is 420 g/mol. The molecule has 2 rings (SSSR count). The van der Waals surface area contributed by atoms with Crippen LogP contribution in [0.15, 0.2) is 36.4 Å². The lowest BCUT2D eigenvalue weighted by Gasteiger charge is -2.26. The van der Waals surface area contributed by atoms with E-state index in [2.05, 4.69) is 0 Å². The largest absolute Gasteiger partial charge is 0.336 e. The van der Waals surface area contributed by atoms with Gasteiger partial charge in [-0.25, -0.2) is 8.42 Å². The lowest BCUT2D eigenvalue weighted by atomic mass is 10.3. The van der Waals surface area contributed by atoms with E-state index in [9.17, 15) is 13.2 Å². The minimum Gasteiger partial charge on any atom is -0.336 e. The molecule has 0 radical (unpaired) electrons. The van der Waals surface area contributed by atoms with E-state index in [1.54, 1.807) is 29.2 Å². The second-order valence-corrected chi connectivity index (χ2v) is 9.51. The number of hydrogen-bond acceptors (Lipinski definition) is 4. The van der Waals surface area contributed by atoms with Crippen LogP contribution in [0.2, 0.25) is 9.36 Å². The van der Waals surface area contributed by atoms with Crippen molar-refractivity contribution in [2.75, 3.05) is 23.7 Å². The predicted octanol–water partition coefficient (Wildman–Crippen LogP) is 3.87. The van der Waals surface area contributed by atoms with Crippen molar-refractivity contribution >= 4 is 56.2 Å². The summed E-state index contributed by atoms with van der Waals surface area (Å²) in [7, 11) is -3.63. The highest BCUT2D eigenvalue weighted by Gasteiger charge is 2.24. The molecule has 0 saturated carbocycles. The number of sulfonamides is 1. The molecule has 1 aromatic heterocycles. The first-order valence-corrected chi connectivity index (χ1v) is 10.9. The van der Waals surface area contributed by atoms with Crippen LogP contribution in [-0.2, 0) is 21.4 Å². The van der Waals surface area contributed by atoms with Crippen LogP contribution in [-0.4, -0.2) is 38.6 Å². The van der Waals surface area contributed by atoms with Gasteiger partial charge in [0.2, 0.25) is 15.9 Å². The highest BCUT2D eigenvalue weighted by atomic mass is 35.5. The van der Waals surface area contributed by atoms with Crippen LogP contribution < -0.4 is 4.31 Å². The average molecular weight is 421 g/mol. The molecule has 1 heterocycles. The molecule has 0 fully saturated rings. The molecular weight excluding hydrogens is 403 g/mol. The average Bonchev–Trinajstić information content (AvgIpc) is 2.94. The SMILES string of the molecule is CCN(Cc1ccc(Cl)s1)C(=O)CN(c1cccc(Cl)c1)S(C)(=O)=O. The number of anilines is 1. The highest BCUT2D eigenvalue weighted by molar-refractivity contribution is 7.92. The van der Waals surface area contributed by atoms with Crippen LogP contribution in [0.25, 0.3) is 0 Å². The molecule has 9 heteroatoms. The van der Waals surface area contributed by atoms with Crippen molar-refractivity contribution in [2.24, 2.45) is 0 Å². The van der Waals surface area contributed by atoms with Gasteiger partial charge in [-0.1, -0.05) is 29.3 Å². The van der Waals surface area contributed by atoms with Gasteiger partial charge in [0, 0.05) is 16.4 Å². The second kappa shape index (κ2) is 8.40. The number of amides is 1. The van der Waals surface area contributed by atoms with Crippen LogP contribution in [0.3, 0.4) is 0 Å². The van der Waals surface area contributed by atoms with Gasteiger partial charge >= 0.3 is 0 Å². The third-order valence-electron chi connectivity index (χ3n) is 3.49. The molecule has 0 N–H and O–H groups in total. The van der Waals surface area contributed by atoms with Crippen molar-refractivity contribution in [1.82, 2.24) is 4.90 Å². The number of nitrogens with zero attached hydrogens (tertiary/aromatic N) is 2. The van der Waals surface area contributed by atoms with Crippen molar-refractivity contribution in [3.8, 4) is 0 Å². The van der Waals surface area contributed by atoms with Gasteiger partial charge in [-0.05, 0) is 37.3 Å². The van der Waals surface area contributed by atoms with Gasteiger partial charge in [0.1, 0.15) is 6.54 Å². The maximum Gasteiger partial charge on any atom is 0.243 e. The van der Waals surface area contributed by atoms with Crippen molar-refractivity contribution in [2.45, 2.75) is 13.5 Å². The smallest absolute Gasteiger partial charge is 0.243 e. The van der Waals surface area contributed by atoms with Crippen LogP contribution in [0.1, 0.15) is 11.8 Å². The number of benzene rings is 1. The lowest BCUT2D eigenvalue weighted by molar-refractivity contribution is -0.129. The summed E-state index contributed by atoms with van der Waals surface area (Å²) in [5, 5.41) is 0.402. The van der Waals surface area contributed by atoms with Crippen LogP contribution >= 0.6 is 34.5 Å². The molecule has 0 saturated heterocycles. The van der Waals surface area contributed by atoms with E-state index < -0.39 is 10.0 Å². The van der Waals surface area contributed by atoms with Gasteiger partial charge < -0.3 is 4.90 Å². The topological polar surface area (TPSA) is 57.7 Å². The molecule has 1 aromatic carbocycles. The Hall–Kier alpha value is -1.28. The fourth-order valence-electron chi connectivity index (χ4n) is 2.26. The van der Waals surface area contributed by atoms with E-state index in [0.29, 0.717) is 28.1 Å². The maximum atomic E-state index is 12.7. The number of hydrogen-bond donors (Lipinski definition) is 0. The van der Waals surface area contributed by atoms with Gasteiger partial charge in [0.05, 0.1) is 22.8 Å². The first-order valence-electron chi connectivity index (χ1n) is 7.46. The lowest BCUT2D eigenvalue weighted by Crippen LogP contribution is -2.42. The Kier molecular flexibility index (Phi) is 6.73. The standard InChI is InChI=1S/C16H18Cl2N2O3S2/c1-3-19(10-14-7-8-15(18)24-14)16(21)11-20(25(2,22)23)13-6-4-5-12(17)9-13/h4-9H,3,10-11H2,1-2H3. The molecule has 0 spiro atoms. The molecule has 25 heavy (non-hydrogen) atoms. The molecule has 0 atom stereocenters. The normalized spacial score (nSPS) is 11.4. The molecule has 0 aliphatic carbocycles. The molecule has 0 unspecified atom stereocenters. The van der Waals surface area contributed by atoms with Gasteiger partial charge in [0.25, 0.3) is 0 Å². The fraction of sp³-hybridized carbons (Fsp3) is 0.312. The molecule has 0 aliphatic heterocycles. The molecule has 0 bridgehead atoms. The molecule has 136 valence electrons. The van der Waals surface area contributed by atoms with Crippen LogP contribution in [0.5, 0.6) is 0 Å². The summed E-state index contributed by atoms with van der Waals surface area (Å²) >= 11 is 13.3. The van der Waals surface area contributed by atoms with Crippen LogP contribution in [0.4, 0.5) is 5.69 Å². The highest BCUT2D eigenvalue weighted by Crippen LogP contribution is 2.24. The molecule has 5 nitrogen and oxygen atoms in total. The fourth-order valence-corrected chi connectivity index (χ4v) is 4.38. The van der Waals surface area contributed by atoms with Crippen molar-refractivity contribution < 1.29 is 13.2 Å². The van der Waals surface area contributed by atoms with Gasteiger partial charge in [0.15, 0.2) is 0 Å². The summed E-state index contributed by atoms with van der Waals surface area (Å²) < 4.78 is 26.0.